The zero-order valence-electron chi connectivity index (χ0n) is 8.78. The summed E-state index contributed by atoms with van der Waals surface area (Å²) in [6.07, 6.45) is 2.12. The van der Waals surface area contributed by atoms with Gasteiger partial charge >= 0.3 is 0 Å². The lowest BCUT2D eigenvalue weighted by Gasteiger charge is -2.10. The summed E-state index contributed by atoms with van der Waals surface area (Å²) in [6, 6.07) is 10.8. The first-order chi connectivity index (χ1) is 6.83. The van der Waals surface area contributed by atoms with Crippen LogP contribution in [-0.4, -0.2) is 17.5 Å². The summed E-state index contributed by atoms with van der Waals surface area (Å²) in [5.74, 6) is 2.38. The third kappa shape index (κ3) is 4.68. The molecule has 78 valence electrons. The van der Waals surface area contributed by atoms with Crippen LogP contribution >= 0.6 is 11.8 Å². The Morgan fingerprint density at radius 1 is 1.29 bits per heavy atom. The summed E-state index contributed by atoms with van der Waals surface area (Å²) in [4.78, 5) is 0. The van der Waals surface area contributed by atoms with E-state index < -0.39 is 0 Å². The van der Waals surface area contributed by atoms with Crippen LogP contribution in [0.25, 0.3) is 0 Å². The van der Waals surface area contributed by atoms with Crippen molar-refractivity contribution in [2.75, 3.05) is 11.5 Å². The normalized spacial score (nSPS) is 12.7. The number of hydrogen-bond donors (Lipinski definition) is 1. The van der Waals surface area contributed by atoms with Gasteiger partial charge in [-0.1, -0.05) is 37.3 Å². The van der Waals surface area contributed by atoms with Crippen molar-refractivity contribution in [3.63, 3.8) is 0 Å². The molecule has 0 aliphatic heterocycles. The summed E-state index contributed by atoms with van der Waals surface area (Å²) >= 11 is 1.97. The molecule has 1 unspecified atom stereocenters. The zero-order chi connectivity index (χ0) is 10.2. The molecule has 1 aromatic rings. The number of thioether (sulfide) groups is 1. The number of benzene rings is 1. The van der Waals surface area contributed by atoms with Gasteiger partial charge in [0.25, 0.3) is 0 Å². The van der Waals surface area contributed by atoms with E-state index in [4.69, 9.17) is 5.73 Å². The molecular formula is C12H19NS. The van der Waals surface area contributed by atoms with Crippen molar-refractivity contribution < 1.29 is 0 Å². The molecule has 0 bridgehead atoms. The third-order valence-corrected chi connectivity index (χ3v) is 3.11. The van der Waals surface area contributed by atoms with Gasteiger partial charge in [-0.3, -0.25) is 0 Å². The van der Waals surface area contributed by atoms with E-state index in [-0.39, 0.29) is 0 Å². The molecule has 1 nitrogen and oxygen atoms in total. The van der Waals surface area contributed by atoms with Crippen LogP contribution in [0.3, 0.4) is 0 Å². The van der Waals surface area contributed by atoms with Crippen molar-refractivity contribution in [3.8, 4) is 0 Å². The van der Waals surface area contributed by atoms with Crippen molar-refractivity contribution in [2.45, 2.75) is 25.8 Å². The largest absolute Gasteiger partial charge is 0.327 e. The average Bonchev–Trinajstić information content (AvgIpc) is 2.20. The molecule has 1 atom stereocenters. The molecule has 2 N–H and O–H groups in total. The Bertz CT molecular complexity index is 235. The summed E-state index contributed by atoms with van der Waals surface area (Å²) < 4.78 is 0. The van der Waals surface area contributed by atoms with Gasteiger partial charge in [0.2, 0.25) is 0 Å². The first-order valence-corrected chi connectivity index (χ1v) is 6.35. The quantitative estimate of drug-likeness (QED) is 0.729. The highest BCUT2D eigenvalue weighted by Crippen LogP contribution is 2.07. The van der Waals surface area contributed by atoms with E-state index in [0.29, 0.717) is 6.04 Å². The van der Waals surface area contributed by atoms with Gasteiger partial charge in [0, 0.05) is 6.04 Å². The molecule has 0 saturated carbocycles. The average molecular weight is 209 g/mol. The standard InChI is InChI=1S/C12H19NS/c1-2-14-9-8-12(13)10-11-6-4-3-5-7-11/h3-7,12H,2,8-10,13H2,1H3. The Kier molecular flexibility index (Phi) is 5.72. The highest BCUT2D eigenvalue weighted by Gasteiger charge is 2.02. The SMILES string of the molecule is CCSCCC(N)Cc1ccccc1. The van der Waals surface area contributed by atoms with E-state index in [9.17, 15) is 0 Å². The van der Waals surface area contributed by atoms with Crippen LogP contribution in [0, 0.1) is 0 Å². The van der Waals surface area contributed by atoms with Gasteiger partial charge < -0.3 is 5.73 Å². The van der Waals surface area contributed by atoms with Crippen LogP contribution in [0.2, 0.25) is 0 Å². The maximum atomic E-state index is 6.03. The molecule has 0 aliphatic carbocycles. The van der Waals surface area contributed by atoms with E-state index in [2.05, 4.69) is 31.2 Å². The Hall–Kier alpha value is -0.470. The number of rotatable bonds is 6. The van der Waals surface area contributed by atoms with Crippen LogP contribution in [-0.2, 0) is 6.42 Å². The van der Waals surface area contributed by atoms with E-state index >= 15 is 0 Å². The summed E-state index contributed by atoms with van der Waals surface area (Å²) in [5.41, 5.74) is 7.38. The van der Waals surface area contributed by atoms with Gasteiger partial charge in [0.05, 0.1) is 0 Å². The van der Waals surface area contributed by atoms with Crippen molar-refractivity contribution in [3.05, 3.63) is 35.9 Å². The van der Waals surface area contributed by atoms with Crippen LogP contribution < -0.4 is 5.73 Å². The number of nitrogens with two attached hydrogens (primary N) is 1. The lowest BCUT2D eigenvalue weighted by molar-refractivity contribution is 0.652. The zero-order valence-corrected chi connectivity index (χ0v) is 9.59. The maximum Gasteiger partial charge on any atom is 0.00871 e. The molecule has 0 saturated heterocycles. The Balaban J connectivity index is 2.23. The summed E-state index contributed by atoms with van der Waals surface area (Å²) in [7, 11) is 0. The van der Waals surface area contributed by atoms with Crippen molar-refractivity contribution in [2.24, 2.45) is 5.73 Å². The summed E-state index contributed by atoms with van der Waals surface area (Å²) in [6.45, 7) is 2.19. The lowest BCUT2D eigenvalue weighted by Crippen LogP contribution is -2.23. The van der Waals surface area contributed by atoms with Gasteiger partial charge in [-0.15, -0.1) is 0 Å². The Morgan fingerprint density at radius 2 is 2.00 bits per heavy atom. The molecular weight excluding hydrogens is 190 g/mol. The van der Waals surface area contributed by atoms with Crippen molar-refractivity contribution >= 4 is 11.8 Å². The second-order valence-corrected chi connectivity index (χ2v) is 4.83. The van der Waals surface area contributed by atoms with Crippen LogP contribution in [0.5, 0.6) is 0 Å². The second kappa shape index (κ2) is 6.91. The van der Waals surface area contributed by atoms with E-state index in [1.807, 2.05) is 17.8 Å². The minimum Gasteiger partial charge on any atom is -0.327 e. The van der Waals surface area contributed by atoms with Crippen molar-refractivity contribution in [1.82, 2.24) is 0 Å². The van der Waals surface area contributed by atoms with E-state index in [0.717, 1.165) is 12.8 Å². The Morgan fingerprint density at radius 3 is 2.64 bits per heavy atom. The van der Waals surface area contributed by atoms with E-state index in [1.54, 1.807) is 0 Å². The molecule has 0 spiro atoms. The van der Waals surface area contributed by atoms with Gasteiger partial charge in [0.1, 0.15) is 0 Å². The molecule has 1 aromatic carbocycles. The predicted molar refractivity (Wildman–Crippen MR) is 65.7 cm³/mol. The first-order valence-electron chi connectivity index (χ1n) is 5.20. The molecule has 14 heavy (non-hydrogen) atoms. The molecule has 2 heteroatoms. The minimum atomic E-state index is 0.316. The maximum absolute atomic E-state index is 6.03. The van der Waals surface area contributed by atoms with Gasteiger partial charge in [-0.05, 0) is 29.9 Å². The van der Waals surface area contributed by atoms with Crippen LogP contribution in [0.15, 0.2) is 30.3 Å². The van der Waals surface area contributed by atoms with Gasteiger partial charge in [-0.2, -0.15) is 11.8 Å². The molecule has 0 radical (unpaired) electrons. The molecule has 0 aliphatic rings. The fourth-order valence-electron chi connectivity index (χ4n) is 1.40. The molecule has 0 aromatic heterocycles. The van der Waals surface area contributed by atoms with Crippen LogP contribution in [0.1, 0.15) is 18.9 Å². The Labute approximate surface area is 91.1 Å². The first kappa shape index (κ1) is 11.6. The molecule has 0 amide bonds. The minimum absolute atomic E-state index is 0.316. The van der Waals surface area contributed by atoms with Crippen LogP contribution in [0.4, 0.5) is 0 Å². The smallest absolute Gasteiger partial charge is 0.00871 e. The highest BCUT2D eigenvalue weighted by atomic mass is 32.2. The molecule has 0 fully saturated rings. The topological polar surface area (TPSA) is 26.0 Å². The number of hydrogen-bond acceptors (Lipinski definition) is 2. The van der Waals surface area contributed by atoms with E-state index in [1.165, 1.54) is 17.1 Å². The van der Waals surface area contributed by atoms with Gasteiger partial charge in [0.15, 0.2) is 0 Å². The lowest BCUT2D eigenvalue weighted by atomic mass is 10.1. The predicted octanol–water partition coefficient (Wildman–Crippen LogP) is 2.70. The highest BCUT2D eigenvalue weighted by molar-refractivity contribution is 7.99. The fourth-order valence-corrected chi connectivity index (χ4v) is 2.16. The molecule has 1 rings (SSSR count). The monoisotopic (exact) mass is 209 g/mol. The summed E-state index contributed by atoms with van der Waals surface area (Å²) in [5, 5.41) is 0. The second-order valence-electron chi connectivity index (χ2n) is 3.44. The molecule has 0 heterocycles. The van der Waals surface area contributed by atoms with Crippen molar-refractivity contribution in [1.29, 1.82) is 0 Å². The fraction of sp³-hybridized carbons (Fsp3) is 0.500. The third-order valence-electron chi connectivity index (χ3n) is 2.18. The van der Waals surface area contributed by atoms with Gasteiger partial charge in [-0.25, -0.2) is 0 Å².